The molecule has 29 heavy (non-hydrogen) atoms. The van der Waals surface area contributed by atoms with Crippen molar-refractivity contribution in [2.45, 2.75) is 46.8 Å². The van der Waals surface area contributed by atoms with Gasteiger partial charge in [0.05, 0.1) is 25.5 Å². The van der Waals surface area contributed by atoms with Gasteiger partial charge in [0.1, 0.15) is 0 Å². The van der Waals surface area contributed by atoms with Crippen molar-refractivity contribution < 1.29 is 4.74 Å². The zero-order valence-electron chi connectivity index (χ0n) is 18.0. The molecule has 0 aliphatic heterocycles. The third-order valence-corrected chi connectivity index (χ3v) is 4.79. The first kappa shape index (κ1) is 25.7. The number of ether oxygens (including phenoxy) is 1. The zero-order chi connectivity index (χ0) is 20.5. The van der Waals surface area contributed by atoms with Crippen molar-refractivity contribution in [3.63, 3.8) is 0 Å². The predicted molar refractivity (Wildman–Crippen MR) is 131 cm³/mol. The van der Waals surface area contributed by atoms with E-state index >= 15 is 0 Å². The van der Waals surface area contributed by atoms with Crippen molar-refractivity contribution in [3.8, 4) is 0 Å². The molecule has 2 aromatic rings. The van der Waals surface area contributed by atoms with E-state index in [-0.39, 0.29) is 30.0 Å². The van der Waals surface area contributed by atoms with Crippen molar-refractivity contribution in [2.75, 3.05) is 19.7 Å². The van der Waals surface area contributed by atoms with Gasteiger partial charge in [-0.15, -0.1) is 24.0 Å². The van der Waals surface area contributed by atoms with Crippen LogP contribution in [0.15, 0.2) is 29.3 Å². The van der Waals surface area contributed by atoms with Crippen LogP contribution in [-0.4, -0.2) is 41.5 Å². The summed E-state index contributed by atoms with van der Waals surface area (Å²) in [6.45, 7) is 10.9. The summed E-state index contributed by atoms with van der Waals surface area (Å²) in [5.74, 6) is 0.806. The van der Waals surface area contributed by atoms with Gasteiger partial charge in [-0.3, -0.25) is 9.67 Å². The quantitative estimate of drug-likeness (QED) is 0.221. The highest BCUT2D eigenvalue weighted by molar-refractivity contribution is 14.0. The molecule has 0 spiro atoms. The van der Waals surface area contributed by atoms with Crippen molar-refractivity contribution in [3.05, 3.63) is 51.8 Å². The highest BCUT2D eigenvalue weighted by Gasteiger charge is 2.13. The lowest BCUT2D eigenvalue weighted by atomic mass is 10.1. The van der Waals surface area contributed by atoms with Crippen LogP contribution in [0.4, 0.5) is 0 Å². The molecule has 1 heterocycles. The zero-order valence-corrected chi connectivity index (χ0v) is 21.0. The van der Waals surface area contributed by atoms with Crippen LogP contribution >= 0.6 is 35.6 Å². The summed E-state index contributed by atoms with van der Waals surface area (Å²) >= 11 is 5.99. The molecule has 0 aliphatic rings. The second kappa shape index (κ2) is 13.1. The Bertz CT molecular complexity index is 793. The largest absolute Gasteiger partial charge is 0.375 e. The molecule has 162 valence electrons. The summed E-state index contributed by atoms with van der Waals surface area (Å²) in [5.41, 5.74) is 4.66. The van der Waals surface area contributed by atoms with E-state index < -0.39 is 0 Å². The normalized spacial score (nSPS) is 12.4. The first-order chi connectivity index (χ1) is 13.4. The Kier molecular flexibility index (Phi) is 11.6. The number of hydrogen-bond donors (Lipinski definition) is 2. The Morgan fingerprint density at radius 3 is 2.72 bits per heavy atom. The summed E-state index contributed by atoms with van der Waals surface area (Å²) < 4.78 is 7.64. The first-order valence-corrected chi connectivity index (χ1v) is 10.1. The van der Waals surface area contributed by atoms with Gasteiger partial charge in [0.15, 0.2) is 5.96 Å². The number of aromatic nitrogens is 2. The molecular weight excluding hydrogens is 501 g/mol. The number of guanidine groups is 1. The molecular formula is C21H33ClIN5O. The lowest BCUT2D eigenvalue weighted by Gasteiger charge is -2.18. The number of rotatable bonds is 9. The van der Waals surface area contributed by atoms with Crippen molar-refractivity contribution in [1.82, 2.24) is 20.4 Å². The molecule has 0 aliphatic carbocycles. The van der Waals surface area contributed by atoms with Gasteiger partial charge in [0.25, 0.3) is 0 Å². The van der Waals surface area contributed by atoms with Crippen LogP contribution in [0.1, 0.15) is 36.4 Å². The first-order valence-electron chi connectivity index (χ1n) is 9.76. The molecule has 0 saturated heterocycles. The minimum atomic E-state index is 0. The number of aryl methyl sites for hydroxylation is 2. The number of nitrogens with zero attached hydrogens (tertiary/aromatic N) is 3. The number of aliphatic imine (C=N–C) groups is 1. The van der Waals surface area contributed by atoms with Crippen LogP contribution in [-0.2, 0) is 24.8 Å². The summed E-state index contributed by atoms with van der Waals surface area (Å²) in [6.07, 6.45) is 0.904. The van der Waals surface area contributed by atoms with E-state index in [0.717, 1.165) is 35.2 Å². The van der Waals surface area contributed by atoms with Gasteiger partial charge in [-0.05, 0) is 57.4 Å². The maximum atomic E-state index is 5.99. The average Bonchev–Trinajstić information content (AvgIpc) is 2.87. The molecule has 1 aromatic heterocycles. The molecule has 8 heteroatoms. The molecule has 0 fully saturated rings. The van der Waals surface area contributed by atoms with E-state index in [9.17, 15) is 0 Å². The maximum Gasteiger partial charge on any atom is 0.191 e. The number of benzene rings is 1. The van der Waals surface area contributed by atoms with E-state index in [1.165, 1.54) is 11.3 Å². The molecule has 2 N–H and O–H groups in total. The second-order valence-electron chi connectivity index (χ2n) is 6.97. The lowest BCUT2D eigenvalue weighted by molar-refractivity contribution is 0.128. The third-order valence-electron chi connectivity index (χ3n) is 4.56. The fraction of sp³-hybridized carbons (Fsp3) is 0.524. The van der Waals surface area contributed by atoms with E-state index in [1.807, 2.05) is 36.0 Å². The van der Waals surface area contributed by atoms with E-state index in [1.54, 1.807) is 0 Å². The molecule has 2 rings (SSSR count). The number of hydrogen-bond acceptors (Lipinski definition) is 3. The second-order valence-corrected chi connectivity index (χ2v) is 7.40. The van der Waals surface area contributed by atoms with Crippen LogP contribution in [0.2, 0.25) is 5.02 Å². The standard InChI is InChI=1S/C21H32ClN5O.HI/c1-6-23-21(24-10-11-28-14-18-8-7-9-19(22)13-18)25-15(2)12-20-16(3)26-27(5)17(20)4;/h7-9,13,15H,6,10-12,14H2,1-5H3,(H2,23,24,25);1H. The van der Waals surface area contributed by atoms with Gasteiger partial charge in [0.2, 0.25) is 0 Å². The van der Waals surface area contributed by atoms with Gasteiger partial charge in [-0.25, -0.2) is 0 Å². The van der Waals surface area contributed by atoms with E-state index in [0.29, 0.717) is 19.8 Å². The van der Waals surface area contributed by atoms with Gasteiger partial charge < -0.3 is 15.4 Å². The van der Waals surface area contributed by atoms with Crippen molar-refractivity contribution >= 4 is 41.5 Å². The maximum absolute atomic E-state index is 5.99. The van der Waals surface area contributed by atoms with Crippen LogP contribution in [0, 0.1) is 13.8 Å². The molecule has 0 amide bonds. The van der Waals surface area contributed by atoms with Crippen LogP contribution in [0.25, 0.3) is 0 Å². The number of nitrogens with one attached hydrogen (secondary N) is 2. The highest BCUT2D eigenvalue weighted by atomic mass is 127. The Morgan fingerprint density at radius 2 is 2.10 bits per heavy atom. The Hall–Kier alpha value is -1.32. The minimum Gasteiger partial charge on any atom is -0.375 e. The Balaban J connectivity index is 0.00000420. The van der Waals surface area contributed by atoms with Gasteiger partial charge in [-0.2, -0.15) is 5.10 Å². The predicted octanol–water partition coefficient (Wildman–Crippen LogP) is 4.01. The molecule has 0 bridgehead atoms. The van der Waals surface area contributed by atoms with Gasteiger partial charge in [0, 0.05) is 30.4 Å². The Morgan fingerprint density at radius 1 is 1.34 bits per heavy atom. The molecule has 0 radical (unpaired) electrons. The number of halogens is 2. The lowest BCUT2D eigenvalue weighted by Crippen LogP contribution is -2.43. The smallest absolute Gasteiger partial charge is 0.191 e. The van der Waals surface area contributed by atoms with Gasteiger partial charge in [-0.1, -0.05) is 23.7 Å². The average molecular weight is 534 g/mol. The summed E-state index contributed by atoms with van der Waals surface area (Å²) in [5, 5.41) is 12.0. The highest BCUT2D eigenvalue weighted by Crippen LogP contribution is 2.14. The van der Waals surface area contributed by atoms with Crippen molar-refractivity contribution in [1.29, 1.82) is 0 Å². The molecule has 1 atom stereocenters. The minimum absolute atomic E-state index is 0. The van der Waals surface area contributed by atoms with Crippen LogP contribution < -0.4 is 10.6 Å². The molecule has 1 aromatic carbocycles. The topological polar surface area (TPSA) is 63.5 Å². The summed E-state index contributed by atoms with van der Waals surface area (Å²) in [6, 6.07) is 7.95. The summed E-state index contributed by atoms with van der Waals surface area (Å²) in [7, 11) is 1.98. The SMILES string of the molecule is CCNC(=NCCOCc1cccc(Cl)c1)NC(C)Cc1c(C)nn(C)c1C.I. The fourth-order valence-corrected chi connectivity index (χ4v) is 3.28. The Labute approximate surface area is 196 Å². The molecule has 6 nitrogen and oxygen atoms in total. The van der Waals surface area contributed by atoms with Crippen molar-refractivity contribution in [2.24, 2.45) is 12.0 Å². The molecule has 0 saturated carbocycles. The molecule has 1 unspecified atom stereocenters. The fourth-order valence-electron chi connectivity index (χ4n) is 3.06. The van der Waals surface area contributed by atoms with Gasteiger partial charge >= 0.3 is 0 Å². The van der Waals surface area contributed by atoms with Crippen LogP contribution in [0.5, 0.6) is 0 Å². The van der Waals surface area contributed by atoms with Crippen LogP contribution in [0.3, 0.4) is 0 Å². The summed E-state index contributed by atoms with van der Waals surface area (Å²) in [4.78, 5) is 4.62. The van der Waals surface area contributed by atoms with E-state index in [2.05, 4.69) is 48.4 Å². The monoisotopic (exact) mass is 533 g/mol. The third kappa shape index (κ3) is 8.52. The van der Waals surface area contributed by atoms with E-state index in [4.69, 9.17) is 16.3 Å².